The molecule has 1 unspecified atom stereocenters. The fourth-order valence-electron chi connectivity index (χ4n) is 2.36. The number of hydrogen-bond donors (Lipinski definition) is 2. The van der Waals surface area contributed by atoms with Crippen LogP contribution in [-0.4, -0.2) is 68.3 Å². The lowest BCUT2D eigenvalue weighted by molar-refractivity contribution is -0.140. The topological polar surface area (TPSA) is 61.8 Å². The maximum atomic E-state index is 12.5. The van der Waals surface area contributed by atoms with Gasteiger partial charge in [0.25, 0.3) is 0 Å². The Labute approximate surface area is 149 Å². The second kappa shape index (κ2) is 9.35. The van der Waals surface area contributed by atoms with Gasteiger partial charge in [-0.25, -0.2) is 4.98 Å². The smallest absolute Gasteiger partial charge is 0.374 e. The summed E-state index contributed by atoms with van der Waals surface area (Å²) in [6.45, 7) is 6.11. The van der Waals surface area contributed by atoms with Gasteiger partial charge >= 0.3 is 6.18 Å². The van der Waals surface area contributed by atoms with Gasteiger partial charge in [-0.05, 0) is 14.0 Å². The van der Waals surface area contributed by atoms with E-state index in [0.29, 0.717) is 43.6 Å². The molecule has 1 saturated heterocycles. The van der Waals surface area contributed by atoms with Gasteiger partial charge in [-0.2, -0.15) is 13.2 Å². The average Bonchev–Trinajstić information content (AvgIpc) is 3.02. The molecule has 6 nitrogen and oxygen atoms in total. The van der Waals surface area contributed by atoms with Crippen LogP contribution in [0.4, 0.5) is 13.2 Å². The molecule has 1 fully saturated rings. The van der Waals surface area contributed by atoms with Crippen LogP contribution >= 0.6 is 11.3 Å². The van der Waals surface area contributed by atoms with E-state index in [1.165, 1.54) is 0 Å². The normalized spacial score (nSPS) is 19.9. The highest BCUT2D eigenvalue weighted by Crippen LogP contribution is 2.29. The van der Waals surface area contributed by atoms with Crippen molar-refractivity contribution in [3.05, 3.63) is 16.1 Å². The number of ether oxygens (including phenoxy) is 1. The number of nitrogens with zero attached hydrogens (tertiary/aromatic N) is 3. The minimum absolute atomic E-state index is 0.0579. The second-order valence-electron chi connectivity index (χ2n) is 5.78. The minimum Gasteiger partial charge on any atom is -0.374 e. The van der Waals surface area contributed by atoms with Crippen molar-refractivity contribution in [2.24, 2.45) is 4.99 Å². The molecule has 0 amide bonds. The molecule has 25 heavy (non-hydrogen) atoms. The molecule has 0 saturated carbocycles. The summed E-state index contributed by atoms with van der Waals surface area (Å²) in [5.74, 6) is 0.631. The zero-order valence-corrected chi connectivity index (χ0v) is 15.2. The Kier molecular flexibility index (Phi) is 7.45. The van der Waals surface area contributed by atoms with Crippen LogP contribution in [0.5, 0.6) is 0 Å². The standard InChI is InChI=1S/C15H24F3N5OS/c1-3-19-14(21-8-11-9-23(2)6-7-24-11)20-5-4-13-22-12(10-25-13)15(16,17)18/h10-11H,3-9H2,1-2H3,(H2,19,20,21). The summed E-state index contributed by atoms with van der Waals surface area (Å²) in [5, 5.41) is 7.74. The summed E-state index contributed by atoms with van der Waals surface area (Å²) >= 11 is 1.02. The summed E-state index contributed by atoms with van der Waals surface area (Å²) in [4.78, 5) is 10.3. The molecule has 1 aromatic heterocycles. The molecule has 1 atom stereocenters. The number of likely N-dealkylation sites (N-methyl/N-ethyl adjacent to an activating group) is 1. The van der Waals surface area contributed by atoms with Crippen LogP contribution in [-0.2, 0) is 17.3 Å². The van der Waals surface area contributed by atoms with Crippen molar-refractivity contribution in [1.29, 1.82) is 0 Å². The van der Waals surface area contributed by atoms with Gasteiger partial charge in [0.05, 0.1) is 24.3 Å². The Morgan fingerprint density at radius 1 is 1.48 bits per heavy atom. The van der Waals surface area contributed by atoms with Crippen LogP contribution < -0.4 is 10.6 Å². The molecule has 1 aliphatic rings. The molecule has 2 N–H and O–H groups in total. The maximum Gasteiger partial charge on any atom is 0.434 e. The maximum absolute atomic E-state index is 12.5. The zero-order chi connectivity index (χ0) is 18.3. The Bertz CT molecular complexity index is 564. The van der Waals surface area contributed by atoms with Gasteiger partial charge in [0.2, 0.25) is 0 Å². The summed E-state index contributed by atoms with van der Waals surface area (Å²) in [6.07, 6.45) is -3.91. The van der Waals surface area contributed by atoms with Crippen LogP contribution in [0, 0.1) is 0 Å². The van der Waals surface area contributed by atoms with Gasteiger partial charge in [0, 0.05) is 38.0 Å². The molecule has 0 aliphatic carbocycles. The number of guanidine groups is 1. The van der Waals surface area contributed by atoms with Gasteiger partial charge in [0.15, 0.2) is 11.7 Å². The number of rotatable bonds is 6. The lowest BCUT2D eigenvalue weighted by Gasteiger charge is -2.29. The monoisotopic (exact) mass is 379 g/mol. The number of halogens is 3. The molecule has 0 bridgehead atoms. The van der Waals surface area contributed by atoms with E-state index < -0.39 is 11.9 Å². The fraction of sp³-hybridized carbons (Fsp3) is 0.733. The minimum atomic E-state index is -4.38. The van der Waals surface area contributed by atoms with E-state index in [4.69, 9.17) is 4.74 Å². The Hall–Kier alpha value is -1.39. The summed E-state index contributed by atoms with van der Waals surface area (Å²) in [7, 11) is 2.05. The highest BCUT2D eigenvalue weighted by Gasteiger charge is 2.33. The first-order chi connectivity index (χ1) is 11.9. The van der Waals surface area contributed by atoms with E-state index in [1.54, 1.807) is 0 Å². The number of aromatic nitrogens is 1. The SMILES string of the molecule is CCNC(=NCC1CN(C)CCO1)NCCc1nc(C(F)(F)F)cs1. The van der Waals surface area contributed by atoms with Crippen molar-refractivity contribution >= 4 is 17.3 Å². The van der Waals surface area contributed by atoms with Crippen molar-refractivity contribution in [3.8, 4) is 0 Å². The Morgan fingerprint density at radius 2 is 2.28 bits per heavy atom. The van der Waals surface area contributed by atoms with E-state index in [1.807, 2.05) is 14.0 Å². The highest BCUT2D eigenvalue weighted by molar-refractivity contribution is 7.09. The molecule has 0 spiro atoms. The van der Waals surface area contributed by atoms with E-state index in [0.717, 1.165) is 29.8 Å². The Morgan fingerprint density at radius 3 is 2.92 bits per heavy atom. The van der Waals surface area contributed by atoms with Gasteiger partial charge < -0.3 is 20.3 Å². The van der Waals surface area contributed by atoms with Crippen molar-refractivity contribution in [2.75, 3.05) is 46.4 Å². The number of alkyl halides is 3. The van der Waals surface area contributed by atoms with Gasteiger partial charge in [-0.1, -0.05) is 0 Å². The molecule has 2 rings (SSSR count). The molecule has 142 valence electrons. The fourth-order valence-corrected chi connectivity index (χ4v) is 3.16. The first-order valence-corrected chi connectivity index (χ1v) is 9.10. The predicted octanol–water partition coefficient (Wildman–Crippen LogP) is 1.59. The summed E-state index contributed by atoms with van der Waals surface area (Å²) in [5.41, 5.74) is -0.827. The molecule has 10 heteroatoms. The second-order valence-corrected chi connectivity index (χ2v) is 6.72. The summed E-state index contributed by atoms with van der Waals surface area (Å²) < 4.78 is 43.3. The van der Waals surface area contributed by atoms with Crippen LogP contribution in [0.1, 0.15) is 17.6 Å². The van der Waals surface area contributed by atoms with E-state index >= 15 is 0 Å². The molecule has 0 radical (unpaired) electrons. The van der Waals surface area contributed by atoms with Crippen molar-refractivity contribution in [3.63, 3.8) is 0 Å². The predicted molar refractivity (Wildman–Crippen MR) is 92.0 cm³/mol. The molecule has 0 aromatic carbocycles. The molecule has 1 aromatic rings. The zero-order valence-electron chi connectivity index (χ0n) is 14.4. The van der Waals surface area contributed by atoms with Gasteiger partial charge in [-0.3, -0.25) is 4.99 Å². The lowest BCUT2D eigenvalue weighted by Crippen LogP contribution is -2.43. The first-order valence-electron chi connectivity index (χ1n) is 8.22. The largest absolute Gasteiger partial charge is 0.434 e. The third kappa shape index (κ3) is 6.79. The Balaban J connectivity index is 1.80. The first kappa shape index (κ1) is 19.9. The third-order valence-electron chi connectivity index (χ3n) is 3.61. The average molecular weight is 379 g/mol. The van der Waals surface area contributed by atoms with Gasteiger partial charge in [-0.15, -0.1) is 11.3 Å². The number of nitrogens with one attached hydrogen (secondary N) is 2. The van der Waals surface area contributed by atoms with Crippen molar-refractivity contribution in [2.45, 2.75) is 25.6 Å². The van der Waals surface area contributed by atoms with Crippen molar-refractivity contribution < 1.29 is 17.9 Å². The number of morpholine rings is 1. The number of thiazole rings is 1. The van der Waals surface area contributed by atoms with E-state index in [2.05, 4.69) is 25.5 Å². The van der Waals surface area contributed by atoms with Crippen LogP contribution in [0.15, 0.2) is 10.4 Å². The molecular weight excluding hydrogens is 355 g/mol. The number of hydrogen-bond acceptors (Lipinski definition) is 5. The van der Waals surface area contributed by atoms with E-state index in [9.17, 15) is 13.2 Å². The molecule has 1 aliphatic heterocycles. The third-order valence-corrected chi connectivity index (χ3v) is 4.52. The van der Waals surface area contributed by atoms with E-state index in [-0.39, 0.29) is 6.10 Å². The van der Waals surface area contributed by atoms with Crippen LogP contribution in [0.25, 0.3) is 0 Å². The summed E-state index contributed by atoms with van der Waals surface area (Å²) in [6, 6.07) is 0. The van der Waals surface area contributed by atoms with Crippen molar-refractivity contribution in [1.82, 2.24) is 20.5 Å². The molecular formula is C15H24F3N5OS. The lowest BCUT2D eigenvalue weighted by atomic mass is 10.3. The molecule has 2 heterocycles. The highest BCUT2D eigenvalue weighted by atomic mass is 32.1. The van der Waals surface area contributed by atoms with Gasteiger partial charge in [0.1, 0.15) is 0 Å². The quantitative estimate of drug-likeness (QED) is 0.581. The van der Waals surface area contributed by atoms with Crippen LogP contribution in [0.3, 0.4) is 0 Å². The van der Waals surface area contributed by atoms with Crippen LogP contribution in [0.2, 0.25) is 0 Å². The number of aliphatic imine (C=N–C) groups is 1.